The summed E-state index contributed by atoms with van der Waals surface area (Å²) in [6, 6.07) is -0.747. The first-order chi connectivity index (χ1) is 7.49. The summed E-state index contributed by atoms with van der Waals surface area (Å²) in [4.78, 5) is 25.4. The molecule has 0 radical (unpaired) electrons. The molecule has 0 saturated heterocycles. The number of ether oxygens (including phenoxy) is 1. The predicted molar refractivity (Wildman–Crippen MR) is 55.0 cm³/mol. The SMILES string of the molecule is CCOC(=O)[C@@H](C)n1c([N+](=O)[O-])cnc1C. The zero-order valence-electron chi connectivity index (χ0n) is 9.34. The Bertz CT molecular complexity index is 413. The van der Waals surface area contributed by atoms with Crippen LogP contribution in [0.2, 0.25) is 0 Å². The van der Waals surface area contributed by atoms with Crippen molar-refractivity contribution >= 4 is 11.8 Å². The van der Waals surface area contributed by atoms with Gasteiger partial charge in [-0.05, 0) is 18.8 Å². The quantitative estimate of drug-likeness (QED) is 0.438. The van der Waals surface area contributed by atoms with Gasteiger partial charge in [-0.25, -0.2) is 9.78 Å². The number of hydrogen-bond donors (Lipinski definition) is 0. The molecule has 1 aromatic rings. The van der Waals surface area contributed by atoms with Crippen LogP contribution >= 0.6 is 0 Å². The Morgan fingerprint density at radius 2 is 2.38 bits per heavy atom. The maximum Gasteiger partial charge on any atom is 0.351 e. The van der Waals surface area contributed by atoms with Crippen molar-refractivity contribution in [2.75, 3.05) is 6.61 Å². The van der Waals surface area contributed by atoms with Crippen LogP contribution in [0.3, 0.4) is 0 Å². The molecule has 0 aliphatic rings. The molecule has 0 fully saturated rings. The van der Waals surface area contributed by atoms with Gasteiger partial charge in [0.05, 0.1) is 6.61 Å². The molecule has 1 aromatic heterocycles. The molecule has 0 spiro atoms. The van der Waals surface area contributed by atoms with Crippen LogP contribution in [0.15, 0.2) is 6.20 Å². The van der Waals surface area contributed by atoms with Crippen molar-refractivity contribution in [2.45, 2.75) is 26.8 Å². The lowest BCUT2D eigenvalue weighted by Gasteiger charge is -2.10. The maximum absolute atomic E-state index is 11.5. The molecule has 0 aliphatic carbocycles. The van der Waals surface area contributed by atoms with E-state index >= 15 is 0 Å². The fraction of sp³-hybridized carbons (Fsp3) is 0.556. The average molecular weight is 227 g/mol. The number of aromatic nitrogens is 2. The smallest absolute Gasteiger partial charge is 0.351 e. The van der Waals surface area contributed by atoms with Gasteiger partial charge in [-0.15, -0.1) is 0 Å². The first-order valence-electron chi connectivity index (χ1n) is 4.83. The summed E-state index contributed by atoms with van der Waals surface area (Å²) in [6.07, 6.45) is 1.13. The Balaban J connectivity index is 3.06. The Labute approximate surface area is 92.2 Å². The van der Waals surface area contributed by atoms with Gasteiger partial charge in [-0.3, -0.25) is 0 Å². The topological polar surface area (TPSA) is 87.3 Å². The standard InChI is InChI=1S/C9H13N3O4/c1-4-16-9(13)6(2)11-7(3)10-5-8(11)12(14)15/h5-6H,4H2,1-3H3/t6-/m1/s1. The van der Waals surface area contributed by atoms with Gasteiger partial charge in [0.25, 0.3) is 0 Å². The van der Waals surface area contributed by atoms with Gasteiger partial charge in [0, 0.05) is 6.92 Å². The first-order valence-corrected chi connectivity index (χ1v) is 4.83. The molecule has 0 unspecified atom stereocenters. The van der Waals surface area contributed by atoms with Gasteiger partial charge >= 0.3 is 11.8 Å². The number of aryl methyl sites for hydroxylation is 1. The van der Waals surface area contributed by atoms with E-state index in [1.807, 2.05) is 0 Å². The number of carbonyl (C=O) groups excluding carboxylic acids is 1. The van der Waals surface area contributed by atoms with E-state index in [1.54, 1.807) is 20.8 Å². The van der Waals surface area contributed by atoms with Crippen molar-refractivity contribution < 1.29 is 14.5 Å². The summed E-state index contributed by atoms with van der Waals surface area (Å²) in [7, 11) is 0. The van der Waals surface area contributed by atoms with E-state index in [9.17, 15) is 14.9 Å². The van der Waals surface area contributed by atoms with Crippen LogP contribution in [-0.2, 0) is 9.53 Å². The van der Waals surface area contributed by atoms with Crippen LogP contribution in [-0.4, -0.2) is 27.1 Å². The number of hydrogen-bond acceptors (Lipinski definition) is 5. The average Bonchev–Trinajstić information content (AvgIpc) is 2.59. The zero-order chi connectivity index (χ0) is 12.3. The van der Waals surface area contributed by atoms with E-state index in [4.69, 9.17) is 4.74 Å². The second-order valence-electron chi connectivity index (χ2n) is 3.22. The van der Waals surface area contributed by atoms with E-state index in [2.05, 4.69) is 4.98 Å². The summed E-state index contributed by atoms with van der Waals surface area (Å²) in [5.41, 5.74) is 0. The zero-order valence-corrected chi connectivity index (χ0v) is 9.34. The summed E-state index contributed by atoms with van der Waals surface area (Å²) >= 11 is 0. The normalized spacial score (nSPS) is 12.2. The third kappa shape index (κ3) is 2.18. The molecule has 0 aromatic carbocycles. The Morgan fingerprint density at radius 1 is 1.75 bits per heavy atom. The molecule has 0 aliphatic heterocycles. The largest absolute Gasteiger partial charge is 0.463 e. The van der Waals surface area contributed by atoms with Crippen LogP contribution in [0.1, 0.15) is 25.7 Å². The van der Waals surface area contributed by atoms with Crippen LogP contribution in [0.4, 0.5) is 5.82 Å². The second-order valence-corrected chi connectivity index (χ2v) is 3.22. The van der Waals surface area contributed by atoms with Crippen molar-refractivity contribution in [1.82, 2.24) is 9.55 Å². The number of carbonyl (C=O) groups is 1. The minimum absolute atomic E-state index is 0.210. The lowest BCUT2D eigenvalue weighted by Crippen LogP contribution is -2.21. The van der Waals surface area contributed by atoms with Gasteiger partial charge in [-0.2, -0.15) is 4.57 Å². The van der Waals surface area contributed by atoms with E-state index < -0.39 is 16.9 Å². The third-order valence-electron chi connectivity index (χ3n) is 2.16. The molecule has 16 heavy (non-hydrogen) atoms. The van der Waals surface area contributed by atoms with E-state index in [1.165, 1.54) is 4.57 Å². The molecular formula is C9H13N3O4. The molecule has 1 heterocycles. The molecule has 1 rings (SSSR count). The number of esters is 1. The number of nitro groups is 1. The highest BCUT2D eigenvalue weighted by Gasteiger charge is 2.28. The summed E-state index contributed by atoms with van der Waals surface area (Å²) in [5.74, 6) is -0.308. The summed E-state index contributed by atoms with van der Waals surface area (Å²) < 4.78 is 6.06. The van der Waals surface area contributed by atoms with Gasteiger partial charge < -0.3 is 14.9 Å². The highest BCUT2D eigenvalue weighted by molar-refractivity contribution is 5.74. The van der Waals surface area contributed by atoms with Crippen LogP contribution in [0.25, 0.3) is 0 Å². The van der Waals surface area contributed by atoms with Gasteiger partial charge in [-0.1, -0.05) is 0 Å². The first kappa shape index (κ1) is 12.2. The molecule has 7 nitrogen and oxygen atoms in total. The Hall–Kier alpha value is -1.92. The minimum Gasteiger partial charge on any atom is -0.463 e. The molecule has 0 N–H and O–H groups in total. The van der Waals surface area contributed by atoms with E-state index in [-0.39, 0.29) is 12.4 Å². The lowest BCUT2D eigenvalue weighted by molar-refractivity contribution is -0.392. The van der Waals surface area contributed by atoms with E-state index in [0.717, 1.165) is 6.20 Å². The van der Waals surface area contributed by atoms with Crippen molar-refractivity contribution in [3.8, 4) is 0 Å². The third-order valence-corrected chi connectivity index (χ3v) is 2.16. The maximum atomic E-state index is 11.5. The molecule has 0 saturated carbocycles. The van der Waals surface area contributed by atoms with Crippen LogP contribution in [0.5, 0.6) is 0 Å². The molecule has 1 atom stereocenters. The Kier molecular flexibility index (Phi) is 3.60. The second kappa shape index (κ2) is 4.73. The van der Waals surface area contributed by atoms with E-state index in [0.29, 0.717) is 5.82 Å². The van der Waals surface area contributed by atoms with Crippen molar-refractivity contribution in [1.29, 1.82) is 0 Å². The van der Waals surface area contributed by atoms with Crippen molar-refractivity contribution in [2.24, 2.45) is 0 Å². The van der Waals surface area contributed by atoms with Gasteiger partial charge in [0.1, 0.15) is 6.20 Å². The molecule has 0 bridgehead atoms. The van der Waals surface area contributed by atoms with Gasteiger partial charge in [0.15, 0.2) is 11.9 Å². The number of rotatable bonds is 4. The van der Waals surface area contributed by atoms with Crippen molar-refractivity contribution in [3.05, 3.63) is 22.1 Å². The van der Waals surface area contributed by atoms with Crippen molar-refractivity contribution in [3.63, 3.8) is 0 Å². The highest BCUT2D eigenvalue weighted by atomic mass is 16.6. The van der Waals surface area contributed by atoms with Crippen LogP contribution in [0, 0.1) is 17.0 Å². The minimum atomic E-state index is -0.747. The summed E-state index contributed by atoms with van der Waals surface area (Å²) in [6.45, 7) is 5.06. The van der Waals surface area contributed by atoms with Crippen LogP contribution < -0.4 is 0 Å². The predicted octanol–water partition coefficient (Wildman–Crippen LogP) is 1.22. The molecule has 7 heteroatoms. The van der Waals surface area contributed by atoms with Gasteiger partial charge in [0.2, 0.25) is 0 Å². The fourth-order valence-corrected chi connectivity index (χ4v) is 1.42. The monoisotopic (exact) mass is 227 g/mol. The lowest BCUT2D eigenvalue weighted by atomic mass is 10.3. The molecular weight excluding hydrogens is 214 g/mol. The summed E-state index contributed by atoms with van der Waals surface area (Å²) in [5, 5.41) is 10.7. The molecule has 0 amide bonds. The molecule has 88 valence electrons. The Morgan fingerprint density at radius 3 is 2.88 bits per heavy atom. The fourth-order valence-electron chi connectivity index (χ4n) is 1.42. The number of nitrogens with zero attached hydrogens (tertiary/aromatic N) is 3. The number of imidazole rings is 1. The highest BCUT2D eigenvalue weighted by Crippen LogP contribution is 2.20.